The number of aromatic nitrogens is 2. The molecule has 102 valence electrons. The molecule has 0 saturated carbocycles. The number of nitrogens with one attached hydrogen (secondary N) is 1. The van der Waals surface area contributed by atoms with Crippen LogP contribution in [0.3, 0.4) is 0 Å². The minimum atomic E-state index is -1.01. The van der Waals surface area contributed by atoms with Gasteiger partial charge in [0.15, 0.2) is 6.61 Å². The van der Waals surface area contributed by atoms with Crippen LogP contribution in [0.15, 0.2) is 30.3 Å². The Balaban J connectivity index is 1.93. The number of imidazole rings is 1. The van der Waals surface area contributed by atoms with E-state index in [1.165, 1.54) is 11.3 Å². The summed E-state index contributed by atoms with van der Waals surface area (Å²) in [6.45, 7) is -0.372. The molecule has 0 aliphatic rings. The van der Waals surface area contributed by atoms with Gasteiger partial charge in [-0.1, -0.05) is 11.6 Å². The van der Waals surface area contributed by atoms with Gasteiger partial charge in [-0.3, -0.25) is 0 Å². The van der Waals surface area contributed by atoms with Gasteiger partial charge in [0.2, 0.25) is 0 Å². The van der Waals surface area contributed by atoms with Crippen LogP contribution in [0.1, 0.15) is 0 Å². The summed E-state index contributed by atoms with van der Waals surface area (Å²) in [5.41, 5.74) is 1.57. The number of thiophene rings is 1. The molecule has 0 radical (unpaired) electrons. The third-order valence-electron chi connectivity index (χ3n) is 2.62. The van der Waals surface area contributed by atoms with Crippen molar-refractivity contribution in [1.82, 2.24) is 9.97 Å². The number of ether oxygens (including phenoxy) is 1. The standard InChI is InChI=1S/C13H9ClN2O3S/c14-11-4-3-10(20-11)13-15-8-2-1-7(5-9(8)16-13)19-6-12(17)18/h1-5H,6H2,(H,15,16)(H,17,18). The fourth-order valence-corrected chi connectivity index (χ4v) is 2.77. The lowest BCUT2D eigenvalue weighted by Crippen LogP contribution is -2.09. The van der Waals surface area contributed by atoms with Crippen molar-refractivity contribution in [1.29, 1.82) is 0 Å². The quantitative estimate of drug-likeness (QED) is 0.774. The Morgan fingerprint density at radius 2 is 2.25 bits per heavy atom. The average Bonchev–Trinajstić information content (AvgIpc) is 3.01. The Kier molecular flexibility index (Phi) is 3.33. The molecule has 0 aliphatic carbocycles. The summed E-state index contributed by atoms with van der Waals surface area (Å²) < 4.78 is 5.82. The SMILES string of the molecule is O=C(O)COc1ccc2[nH]c(-c3ccc(Cl)s3)nc2c1. The number of carbonyl (C=O) groups is 1. The first-order chi connectivity index (χ1) is 9.61. The van der Waals surface area contributed by atoms with Crippen molar-refractivity contribution in [2.75, 3.05) is 6.61 Å². The zero-order valence-corrected chi connectivity index (χ0v) is 11.7. The van der Waals surface area contributed by atoms with Crippen LogP contribution in [0, 0.1) is 0 Å². The van der Waals surface area contributed by atoms with E-state index >= 15 is 0 Å². The zero-order chi connectivity index (χ0) is 14.1. The number of aliphatic carboxylic acids is 1. The zero-order valence-electron chi connectivity index (χ0n) is 10.1. The molecule has 3 aromatic rings. The minimum absolute atomic E-state index is 0.372. The number of carboxylic acid groups (broad SMARTS) is 1. The normalized spacial score (nSPS) is 10.8. The van der Waals surface area contributed by atoms with E-state index in [0.717, 1.165) is 16.2 Å². The number of carboxylic acids is 1. The molecule has 5 nitrogen and oxygen atoms in total. The lowest BCUT2D eigenvalue weighted by Gasteiger charge is -2.01. The predicted molar refractivity (Wildman–Crippen MR) is 77.5 cm³/mol. The second-order valence-electron chi connectivity index (χ2n) is 4.05. The van der Waals surface area contributed by atoms with Gasteiger partial charge in [-0.05, 0) is 24.3 Å². The summed E-state index contributed by atoms with van der Waals surface area (Å²) in [6, 6.07) is 8.92. The van der Waals surface area contributed by atoms with Gasteiger partial charge in [0.1, 0.15) is 11.6 Å². The maximum absolute atomic E-state index is 10.5. The largest absolute Gasteiger partial charge is 0.482 e. The van der Waals surface area contributed by atoms with Gasteiger partial charge < -0.3 is 14.8 Å². The molecule has 0 atom stereocenters. The molecule has 20 heavy (non-hydrogen) atoms. The molecule has 0 unspecified atom stereocenters. The van der Waals surface area contributed by atoms with Crippen molar-refractivity contribution in [3.05, 3.63) is 34.7 Å². The van der Waals surface area contributed by atoms with Gasteiger partial charge in [0, 0.05) is 6.07 Å². The van der Waals surface area contributed by atoms with Gasteiger partial charge in [-0.15, -0.1) is 11.3 Å². The molecule has 7 heteroatoms. The monoisotopic (exact) mass is 308 g/mol. The molecule has 1 aromatic carbocycles. The van der Waals surface area contributed by atoms with E-state index in [1.807, 2.05) is 12.1 Å². The van der Waals surface area contributed by atoms with Crippen molar-refractivity contribution >= 4 is 39.9 Å². The molecule has 0 aliphatic heterocycles. The maximum Gasteiger partial charge on any atom is 0.341 e. The van der Waals surface area contributed by atoms with Gasteiger partial charge in [0.05, 0.1) is 20.2 Å². The summed E-state index contributed by atoms with van der Waals surface area (Å²) in [7, 11) is 0. The summed E-state index contributed by atoms with van der Waals surface area (Å²) in [5.74, 6) is 0.190. The van der Waals surface area contributed by atoms with Gasteiger partial charge in [-0.2, -0.15) is 0 Å². The Labute approximate surface area is 122 Å². The van der Waals surface area contributed by atoms with Crippen LogP contribution in [0.2, 0.25) is 4.34 Å². The molecular formula is C13H9ClN2O3S. The van der Waals surface area contributed by atoms with E-state index in [2.05, 4.69) is 9.97 Å². The number of halogens is 1. The first kappa shape index (κ1) is 13.0. The molecule has 0 fully saturated rings. The Hall–Kier alpha value is -2.05. The summed E-state index contributed by atoms with van der Waals surface area (Å²) in [5, 5.41) is 8.59. The van der Waals surface area contributed by atoms with Crippen molar-refractivity contribution in [2.45, 2.75) is 0 Å². The molecule has 2 N–H and O–H groups in total. The number of nitrogens with zero attached hydrogens (tertiary/aromatic N) is 1. The number of H-pyrrole nitrogens is 1. The van der Waals surface area contributed by atoms with Crippen LogP contribution in [-0.2, 0) is 4.79 Å². The first-order valence-corrected chi connectivity index (χ1v) is 6.91. The molecule has 2 aromatic heterocycles. The second kappa shape index (κ2) is 5.15. The third-order valence-corrected chi connectivity index (χ3v) is 3.86. The fraction of sp³-hybridized carbons (Fsp3) is 0.0769. The van der Waals surface area contributed by atoms with Crippen molar-refractivity contribution in [2.24, 2.45) is 0 Å². The minimum Gasteiger partial charge on any atom is -0.482 e. The fourth-order valence-electron chi connectivity index (χ4n) is 1.78. The van der Waals surface area contributed by atoms with E-state index in [9.17, 15) is 4.79 Å². The second-order valence-corrected chi connectivity index (χ2v) is 5.77. The van der Waals surface area contributed by atoms with Crippen LogP contribution < -0.4 is 4.74 Å². The number of rotatable bonds is 4. The van der Waals surface area contributed by atoms with E-state index < -0.39 is 5.97 Å². The van der Waals surface area contributed by atoms with Crippen molar-refractivity contribution in [3.8, 4) is 16.5 Å². The van der Waals surface area contributed by atoms with Gasteiger partial charge in [0.25, 0.3) is 0 Å². The molecule has 0 amide bonds. The van der Waals surface area contributed by atoms with Crippen LogP contribution in [-0.4, -0.2) is 27.7 Å². The lowest BCUT2D eigenvalue weighted by molar-refractivity contribution is -0.139. The van der Waals surface area contributed by atoms with Crippen molar-refractivity contribution in [3.63, 3.8) is 0 Å². The van der Waals surface area contributed by atoms with E-state index in [-0.39, 0.29) is 6.61 Å². The Morgan fingerprint density at radius 3 is 2.95 bits per heavy atom. The highest BCUT2D eigenvalue weighted by molar-refractivity contribution is 7.19. The number of aromatic amines is 1. The predicted octanol–water partition coefficient (Wildman–Crippen LogP) is 3.41. The molecule has 2 heterocycles. The molecular weight excluding hydrogens is 300 g/mol. The van der Waals surface area contributed by atoms with Gasteiger partial charge in [-0.25, -0.2) is 9.78 Å². The molecule has 0 saturated heterocycles. The van der Waals surface area contributed by atoms with Gasteiger partial charge >= 0.3 is 5.97 Å². The average molecular weight is 309 g/mol. The highest BCUT2D eigenvalue weighted by Crippen LogP contribution is 2.31. The summed E-state index contributed by atoms with van der Waals surface area (Å²) in [4.78, 5) is 19.1. The number of hydrogen-bond donors (Lipinski definition) is 2. The molecule has 3 rings (SSSR count). The van der Waals surface area contributed by atoms with Crippen LogP contribution >= 0.6 is 22.9 Å². The Bertz CT molecular complexity index is 781. The van der Waals surface area contributed by atoms with Crippen LogP contribution in [0.5, 0.6) is 5.75 Å². The summed E-state index contributed by atoms with van der Waals surface area (Å²) in [6.07, 6.45) is 0. The number of benzene rings is 1. The maximum atomic E-state index is 10.5. The topological polar surface area (TPSA) is 75.2 Å². The highest BCUT2D eigenvalue weighted by Gasteiger charge is 2.09. The van der Waals surface area contributed by atoms with E-state index in [0.29, 0.717) is 15.6 Å². The smallest absolute Gasteiger partial charge is 0.341 e. The highest BCUT2D eigenvalue weighted by atomic mass is 35.5. The molecule has 0 bridgehead atoms. The molecule has 0 spiro atoms. The van der Waals surface area contributed by atoms with Crippen LogP contribution in [0.4, 0.5) is 0 Å². The van der Waals surface area contributed by atoms with E-state index in [4.69, 9.17) is 21.4 Å². The third kappa shape index (κ3) is 2.61. The number of fused-ring (bicyclic) bond motifs is 1. The summed E-state index contributed by atoms with van der Waals surface area (Å²) >= 11 is 7.34. The van der Waals surface area contributed by atoms with E-state index in [1.54, 1.807) is 18.2 Å². The first-order valence-electron chi connectivity index (χ1n) is 5.72. The van der Waals surface area contributed by atoms with Crippen LogP contribution in [0.25, 0.3) is 21.7 Å². The number of hydrogen-bond acceptors (Lipinski definition) is 4. The van der Waals surface area contributed by atoms with Crippen molar-refractivity contribution < 1.29 is 14.6 Å². The Morgan fingerprint density at radius 1 is 1.40 bits per heavy atom. The lowest BCUT2D eigenvalue weighted by atomic mass is 10.3.